The van der Waals surface area contributed by atoms with Crippen molar-refractivity contribution < 1.29 is 18.0 Å². The predicted octanol–water partition coefficient (Wildman–Crippen LogP) is 4.56. The lowest BCUT2D eigenvalue weighted by Gasteiger charge is -2.32. The summed E-state index contributed by atoms with van der Waals surface area (Å²) in [5.41, 5.74) is -1.91. The van der Waals surface area contributed by atoms with Crippen molar-refractivity contribution in [2.24, 2.45) is 0 Å². The second kappa shape index (κ2) is 7.65. The normalized spacial score (nSPS) is 14.8. The van der Waals surface area contributed by atoms with E-state index in [-0.39, 0.29) is 6.04 Å². The summed E-state index contributed by atoms with van der Waals surface area (Å²) in [5.74, 6) is -0.742. The first kappa shape index (κ1) is 21.1. The SMILES string of the molecule is C[Si](C)(CN(C(=O)c1nccnc1C(F)(F)F)C1CC1)c1ccc(Cl)cc1Cl. The summed E-state index contributed by atoms with van der Waals surface area (Å²) < 4.78 is 39.9. The number of benzene rings is 1. The first-order chi connectivity index (χ1) is 13.0. The maximum atomic E-state index is 13.3. The third-order valence-corrected chi connectivity index (χ3v) is 8.38. The number of alkyl halides is 3. The van der Waals surface area contributed by atoms with Gasteiger partial charge in [0.05, 0.1) is 0 Å². The molecule has 0 spiro atoms. The fourth-order valence-electron chi connectivity index (χ4n) is 3.14. The fraction of sp³-hybridized carbons (Fsp3) is 0.389. The van der Waals surface area contributed by atoms with Crippen LogP contribution in [-0.2, 0) is 6.18 Å². The van der Waals surface area contributed by atoms with Crippen molar-refractivity contribution in [2.75, 3.05) is 6.17 Å². The molecule has 10 heteroatoms. The molecule has 4 nitrogen and oxygen atoms in total. The maximum Gasteiger partial charge on any atom is 0.435 e. The van der Waals surface area contributed by atoms with Crippen molar-refractivity contribution in [3.05, 3.63) is 52.0 Å². The van der Waals surface area contributed by atoms with Gasteiger partial charge in [-0.1, -0.05) is 42.4 Å². The standard InChI is InChI=1S/C18H18Cl2F3N3OSi/c1-28(2,14-6-3-11(19)9-13(14)20)10-26(12-4-5-12)17(27)15-16(18(21,22)23)25-8-7-24-15/h3,6-9,12H,4-5,10H2,1-2H3. The van der Waals surface area contributed by atoms with Gasteiger partial charge in [0.15, 0.2) is 11.4 Å². The minimum absolute atomic E-state index is 0.0894. The lowest BCUT2D eigenvalue weighted by molar-refractivity contribution is -0.141. The second-order valence-electron chi connectivity index (χ2n) is 7.42. The third kappa shape index (κ3) is 4.50. The van der Waals surface area contributed by atoms with Crippen LogP contribution < -0.4 is 5.19 Å². The third-order valence-electron chi connectivity index (χ3n) is 4.64. The van der Waals surface area contributed by atoms with Crippen LogP contribution in [0.15, 0.2) is 30.6 Å². The van der Waals surface area contributed by atoms with E-state index in [0.717, 1.165) is 30.4 Å². The van der Waals surface area contributed by atoms with Gasteiger partial charge in [0.1, 0.15) is 8.07 Å². The van der Waals surface area contributed by atoms with Crippen LogP contribution in [0.3, 0.4) is 0 Å². The fourth-order valence-corrected chi connectivity index (χ4v) is 6.99. The van der Waals surface area contributed by atoms with Crippen LogP contribution in [0.1, 0.15) is 29.0 Å². The summed E-state index contributed by atoms with van der Waals surface area (Å²) >= 11 is 12.3. The van der Waals surface area contributed by atoms with E-state index in [0.29, 0.717) is 16.2 Å². The molecule has 0 bridgehead atoms. The molecule has 0 unspecified atom stereocenters. The Balaban J connectivity index is 1.94. The largest absolute Gasteiger partial charge is 0.435 e. The number of nitrogens with zero attached hydrogens (tertiary/aromatic N) is 3. The van der Waals surface area contributed by atoms with Crippen LogP contribution in [-0.4, -0.2) is 41.1 Å². The van der Waals surface area contributed by atoms with Crippen LogP contribution in [0.25, 0.3) is 0 Å². The zero-order valence-electron chi connectivity index (χ0n) is 15.2. The highest BCUT2D eigenvalue weighted by molar-refractivity contribution is 6.91. The Labute approximate surface area is 171 Å². The summed E-state index contributed by atoms with van der Waals surface area (Å²) in [6.45, 7) is 4.04. The van der Waals surface area contributed by atoms with Gasteiger partial charge in [-0.2, -0.15) is 13.2 Å². The number of hydrogen-bond acceptors (Lipinski definition) is 3. The molecule has 1 aliphatic carbocycles. The summed E-state index contributed by atoms with van der Waals surface area (Å²) in [6.07, 6.45) is -0.871. The van der Waals surface area contributed by atoms with Gasteiger partial charge in [-0.15, -0.1) is 0 Å². The highest BCUT2D eigenvalue weighted by atomic mass is 35.5. The van der Waals surface area contributed by atoms with Crippen molar-refractivity contribution in [3.8, 4) is 0 Å². The van der Waals surface area contributed by atoms with Crippen LogP contribution in [0.2, 0.25) is 23.1 Å². The molecule has 1 aromatic heterocycles. The summed E-state index contributed by atoms with van der Waals surface area (Å²) in [7, 11) is -2.31. The minimum Gasteiger partial charge on any atom is -0.337 e. The van der Waals surface area contributed by atoms with Crippen LogP contribution in [0.4, 0.5) is 13.2 Å². The molecule has 1 saturated carbocycles. The van der Waals surface area contributed by atoms with E-state index in [1.807, 2.05) is 19.2 Å². The number of halogens is 5. The van der Waals surface area contributed by atoms with Gasteiger partial charge in [-0.05, 0) is 30.2 Å². The van der Waals surface area contributed by atoms with Crippen molar-refractivity contribution in [2.45, 2.75) is 38.2 Å². The Morgan fingerprint density at radius 3 is 2.43 bits per heavy atom. The predicted molar refractivity (Wildman–Crippen MR) is 105 cm³/mol. The molecule has 3 rings (SSSR count). The number of carbonyl (C=O) groups is 1. The van der Waals surface area contributed by atoms with E-state index >= 15 is 0 Å². The lowest BCUT2D eigenvalue weighted by Crippen LogP contribution is -2.54. The maximum absolute atomic E-state index is 13.3. The van der Waals surface area contributed by atoms with Gasteiger partial charge >= 0.3 is 6.18 Å². The molecule has 1 fully saturated rings. The number of aromatic nitrogens is 2. The van der Waals surface area contributed by atoms with Crippen LogP contribution in [0.5, 0.6) is 0 Å². The van der Waals surface area contributed by atoms with E-state index in [4.69, 9.17) is 23.2 Å². The van der Waals surface area contributed by atoms with Crippen molar-refractivity contribution >= 4 is 42.4 Å². The molecule has 150 valence electrons. The monoisotopic (exact) mass is 447 g/mol. The van der Waals surface area contributed by atoms with E-state index in [1.165, 1.54) is 4.90 Å². The molecular weight excluding hydrogens is 430 g/mol. The Kier molecular flexibility index (Phi) is 5.75. The molecule has 28 heavy (non-hydrogen) atoms. The molecule has 1 amide bonds. The quantitative estimate of drug-likeness (QED) is 0.630. The van der Waals surface area contributed by atoms with E-state index in [9.17, 15) is 18.0 Å². The average molecular weight is 448 g/mol. The first-order valence-corrected chi connectivity index (χ1v) is 12.6. The van der Waals surface area contributed by atoms with Crippen molar-refractivity contribution in [3.63, 3.8) is 0 Å². The zero-order chi connectivity index (χ0) is 20.7. The number of rotatable bonds is 5. The van der Waals surface area contributed by atoms with E-state index in [1.54, 1.807) is 12.1 Å². The van der Waals surface area contributed by atoms with Gasteiger partial charge < -0.3 is 4.90 Å². The number of carbonyl (C=O) groups excluding carboxylic acids is 1. The molecule has 0 aliphatic heterocycles. The van der Waals surface area contributed by atoms with Gasteiger partial charge in [0.25, 0.3) is 5.91 Å². The average Bonchev–Trinajstić information content (AvgIpc) is 3.43. The second-order valence-corrected chi connectivity index (χ2v) is 12.9. The van der Waals surface area contributed by atoms with Crippen LogP contribution in [0, 0.1) is 0 Å². The van der Waals surface area contributed by atoms with E-state index in [2.05, 4.69) is 9.97 Å². The molecule has 0 atom stereocenters. The highest BCUT2D eigenvalue weighted by Gasteiger charge is 2.43. The molecular formula is C18H18Cl2F3N3OSi. The molecule has 0 N–H and O–H groups in total. The number of hydrogen-bond donors (Lipinski definition) is 0. The number of amides is 1. The molecule has 0 saturated heterocycles. The summed E-state index contributed by atoms with van der Waals surface area (Å²) in [6, 6.07) is 5.11. The summed E-state index contributed by atoms with van der Waals surface area (Å²) in [5, 5.41) is 1.90. The van der Waals surface area contributed by atoms with Gasteiger partial charge in [-0.25, -0.2) is 9.97 Å². The Bertz CT molecular complexity index is 904. The zero-order valence-corrected chi connectivity index (χ0v) is 17.7. The first-order valence-electron chi connectivity index (χ1n) is 8.65. The molecule has 0 radical (unpaired) electrons. The van der Waals surface area contributed by atoms with E-state index < -0.39 is 31.5 Å². The van der Waals surface area contributed by atoms with Crippen molar-refractivity contribution in [1.29, 1.82) is 0 Å². The van der Waals surface area contributed by atoms with Gasteiger partial charge in [-0.3, -0.25) is 4.79 Å². The smallest absolute Gasteiger partial charge is 0.337 e. The molecule has 1 aliphatic rings. The lowest BCUT2D eigenvalue weighted by atomic mass is 10.2. The van der Waals surface area contributed by atoms with Gasteiger partial charge in [0, 0.05) is 34.6 Å². The Hall–Kier alpha value is -1.64. The Morgan fingerprint density at radius 2 is 1.86 bits per heavy atom. The summed E-state index contributed by atoms with van der Waals surface area (Å²) in [4.78, 5) is 21.6. The molecule has 1 aromatic carbocycles. The highest BCUT2D eigenvalue weighted by Crippen LogP contribution is 2.33. The van der Waals surface area contributed by atoms with Gasteiger partial charge in [0.2, 0.25) is 0 Å². The van der Waals surface area contributed by atoms with Crippen molar-refractivity contribution in [1.82, 2.24) is 14.9 Å². The minimum atomic E-state index is -4.75. The molecule has 1 heterocycles. The Morgan fingerprint density at radius 1 is 1.21 bits per heavy atom. The topological polar surface area (TPSA) is 46.1 Å². The van der Waals surface area contributed by atoms with Crippen LogP contribution >= 0.6 is 23.2 Å². The molecule has 2 aromatic rings.